The molecular weight excluding hydrogens is 385 g/mol. The minimum atomic E-state index is -0.990. The standard InChI is InChI=1S/C20H19ClFN3O3/c1-25-16-8-7-12(21)11-14(16)18(13-5-3-4-6-15(13)22)24-19(20(25)27)23-10-9-17(26)28-2/h3-8,11,19,23H,9-10H2,1-2H3/t19-/m0/s1. The van der Waals surface area contributed by atoms with Gasteiger partial charge in [0.05, 0.1) is 24.9 Å². The number of likely N-dealkylation sites (N-methyl/N-ethyl adjacent to an activating group) is 1. The van der Waals surface area contributed by atoms with Crippen LogP contribution in [-0.2, 0) is 14.3 Å². The Morgan fingerprint density at radius 3 is 2.75 bits per heavy atom. The van der Waals surface area contributed by atoms with E-state index in [1.807, 2.05) is 0 Å². The molecule has 1 N–H and O–H groups in total. The molecule has 1 atom stereocenters. The molecule has 0 bridgehead atoms. The number of nitrogens with one attached hydrogen (secondary N) is 1. The van der Waals surface area contributed by atoms with Crippen LogP contribution < -0.4 is 10.2 Å². The molecule has 1 aliphatic heterocycles. The lowest BCUT2D eigenvalue weighted by atomic mass is 10.00. The lowest BCUT2D eigenvalue weighted by Crippen LogP contribution is -2.44. The molecule has 1 aliphatic rings. The SMILES string of the molecule is COC(=O)CCN[C@H]1N=C(c2ccccc2F)c2cc(Cl)ccc2N(C)C1=O. The van der Waals surface area contributed by atoms with Crippen LogP contribution >= 0.6 is 11.6 Å². The predicted molar refractivity (Wildman–Crippen MR) is 105 cm³/mol. The van der Waals surface area contributed by atoms with Crippen LogP contribution in [0.5, 0.6) is 0 Å². The number of hydrogen-bond acceptors (Lipinski definition) is 5. The van der Waals surface area contributed by atoms with Crippen LogP contribution in [0.2, 0.25) is 5.02 Å². The first-order chi connectivity index (χ1) is 13.4. The number of methoxy groups -OCH3 is 1. The van der Waals surface area contributed by atoms with E-state index in [-0.39, 0.29) is 24.4 Å². The van der Waals surface area contributed by atoms with Gasteiger partial charge in [-0.25, -0.2) is 4.39 Å². The lowest BCUT2D eigenvalue weighted by molar-refractivity contribution is -0.140. The summed E-state index contributed by atoms with van der Waals surface area (Å²) in [5.74, 6) is -1.20. The van der Waals surface area contributed by atoms with Crippen LogP contribution in [0.25, 0.3) is 0 Å². The maximum atomic E-state index is 14.5. The van der Waals surface area contributed by atoms with Crippen molar-refractivity contribution < 1.29 is 18.7 Å². The average Bonchev–Trinajstić information content (AvgIpc) is 2.78. The Kier molecular flexibility index (Phi) is 6.06. The lowest BCUT2D eigenvalue weighted by Gasteiger charge is -2.21. The van der Waals surface area contributed by atoms with Gasteiger partial charge < -0.3 is 9.64 Å². The highest BCUT2D eigenvalue weighted by atomic mass is 35.5. The van der Waals surface area contributed by atoms with Gasteiger partial charge in [-0.3, -0.25) is 19.9 Å². The first-order valence-corrected chi connectivity index (χ1v) is 9.00. The zero-order valence-corrected chi connectivity index (χ0v) is 16.2. The van der Waals surface area contributed by atoms with Crippen molar-refractivity contribution in [1.29, 1.82) is 0 Å². The summed E-state index contributed by atoms with van der Waals surface area (Å²) in [5, 5.41) is 3.39. The first-order valence-electron chi connectivity index (χ1n) is 8.62. The molecule has 0 fully saturated rings. The number of fused-ring (bicyclic) bond motifs is 1. The third kappa shape index (κ3) is 4.05. The number of benzene rings is 2. The summed E-state index contributed by atoms with van der Waals surface area (Å²) < 4.78 is 19.1. The van der Waals surface area contributed by atoms with Gasteiger partial charge >= 0.3 is 5.97 Å². The van der Waals surface area contributed by atoms with Crippen LogP contribution in [0.1, 0.15) is 17.5 Å². The first kappa shape index (κ1) is 20.0. The summed E-state index contributed by atoms with van der Waals surface area (Å²) in [7, 11) is 2.91. The molecule has 2 aromatic rings. The Balaban J connectivity index is 2.07. The van der Waals surface area contributed by atoms with E-state index in [0.29, 0.717) is 22.0 Å². The van der Waals surface area contributed by atoms with Crippen molar-refractivity contribution in [1.82, 2.24) is 5.32 Å². The molecule has 0 saturated carbocycles. The zero-order chi connectivity index (χ0) is 20.3. The summed E-state index contributed by atoms with van der Waals surface area (Å²) in [5.41, 5.74) is 1.68. The smallest absolute Gasteiger partial charge is 0.306 e. The van der Waals surface area contributed by atoms with Crippen LogP contribution in [0.3, 0.4) is 0 Å². The minimum absolute atomic E-state index is 0.0767. The van der Waals surface area contributed by atoms with Gasteiger partial charge in [-0.2, -0.15) is 0 Å². The Labute approximate surface area is 167 Å². The number of carbonyl (C=O) groups excluding carboxylic acids is 2. The van der Waals surface area contributed by atoms with Gasteiger partial charge in [-0.05, 0) is 30.3 Å². The van der Waals surface area contributed by atoms with Gasteiger partial charge in [0.1, 0.15) is 5.82 Å². The molecular formula is C20H19ClFN3O3. The number of hydrogen-bond donors (Lipinski definition) is 1. The zero-order valence-electron chi connectivity index (χ0n) is 15.4. The Morgan fingerprint density at radius 2 is 2.04 bits per heavy atom. The molecule has 0 aromatic heterocycles. The molecule has 28 heavy (non-hydrogen) atoms. The number of rotatable bonds is 5. The largest absolute Gasteiger partial charge is 0.469 e. The number of halogens is 2. The molecule has 0 unspecified atom stereocenters. The van der Waals surface area contributed by atoms with Crippen molar-refractivity contribution in [2.24, 2.45) is 4.99 Å². The van der Waals surface area contributed by atoms with Crippen molar-refractivity contribution in [2.45, 2.75) is 12.6 Å². The maximum Gasteiger partial charge on any atom is 0.306 e. The molecule has 0 spiro atoms. The van der Waals surface area contributed by atoms with E-state index < -0.39 is 18.0 Å². The topological polar surface area (TPSA) is 71.0 Å². The second-order valence-corrected chi connectivity index (χ2v) is 6.64. The van der Waals surface area contributed by atoms with Crippen LogP contribution in [-0.4, -0.2) is 44.5 Å². The van der Waals surface area contributed by atoms with Crippen molar-refractivity contribution in [3.63, 3.8) is 0 Å². The maximum absolute atomic E-state index is 14.5. The molecule has 2 aromatic carbocycles. The van der Waals surface area contributed by atoms with E-state index in [0.717, 1.165) is 0 Å². The van der Waals surface area contributed by atoms with E-state index in [9.17, 15) is 14.0 Å². The Hall–Kier alpha value is -2.77. The number of carbonyl (C=O) groups is 2. The molecule has 1 heterocycles. The van der Waals surface area contributed by atoms with Crippen LogP contribution in [0, 0.1) is 5.82 Å². The summed E-state index contributed by atoms with van der Waals surface area (Å²) >= 11 is 6.16. The van der Waals surface area contributed by atoms with Crippen molar-refractivity contribution in [3.05, 3.63) is 64.4 Å². The normalized spacial score (nSPS) is 16.3. The van der Waals surface area contributed by atoms with Gasteiger partial charge in [0.2, 0.25) is 0 Å². The minimum Gasteiger partial charge on any atom is -0.469 e. The number of anilines is 1. The average molecular weight is 404 g/mol. The Morgan fingerprint density at radius 1 is 1.29 bits per heavy atom. The molecule has 0 aliphatic carbocycles. The third-order valence-electron chi connectivity index (χ3n) is 4.42. The second-order valence-electron chi connectivity index (χ2n) is 6.20. The monoisotopic (exact) mass is 403 g/mol. The quantitative estimate of drug-likeness (QED) is 0.779. The van der Waals surface area contributed by atoms with Crippen LogP contribution in [0.4, 0.5) is 10.1 Å². The number of ether oxygens (including phenoxy) is 1. The molecule has 6 nitrogen and oxygen atoms in total. The number of benzodiazepines with no additional fused rings is 1. The van der Waals surface area contributed by atoms with E-state index in [1.165, 1.54) is 18.1 Å². The van der Waals surface area contributed by atoms with Crippen LogP contribution in [0.15, 0.2) is 47.5 Å². The summed E-state index contributed by atoms with van der Waals surface area (Å²) in [6.07, 6.45) is -0.914. The summed E-state index contributed by atoms with van der Waals surface area (Å²) in [6.45, 7) is 0.183. The fraction of sp³-hybridized carbons (Fsp3) is 0.250. The summed E-state index contributed by atoms with van der Waals surface area (Å²) in [6, 6.07) is 11.2. The van der Waals surface area contributed by atoms with Gasteiger partial charge in [0, 0.05) is 29.7 Å². The van der Waals surface area contributed by atoms with Gasteiger partial charge in [-0.1, -0.05) is 23.7 Å². The van der Waals surface area contributed by atoms with Crippen molar-refractivity contribution in [2.75, 3.05) is 25.6 Å². The molecule has 3 rings (SSSR count). The second kappa shape index (κ2) is 8.50. The fourth-order valence-electron chi connectivity index (χ4n) is 2.96. The number of amides is 1. The van der Waals surface area contributed by atoms with E-state index >= 15 is 0 Å². The Bertz CT molecular complexity index is 948. The van der Waals surface area contributed by atoms with Crippen molar-refractivity contribution >= 4 is 34.9 Å². The highest BCUT2D eigenvalue weighted by Gasteiger charge is 2.30. The van der Waals surface area contributed by atoms with Gasteiger partial charge in [0.25, 0.3) is 5.91 Å². The highest BCUT2D eigenvalue weighted by Crippen LogP contribution is 2.30. The fourth-order valence-corrected chi connectivity index (χ4v) is 3.13. The van der Waals surface area contributed by atoms with E-state index in [4.69, 9.17) is 11.6 Å². The summed E-state index contributed by atoms with van der Waals surface area (Å²) in [4.78, 5) is 30.2. The highest BCUT2D eigenvalue weighted by molar-refractivity contribution is 6.32. The van der Waals surface area contributed by atoms with E-state index in [2.05, 4.69) is 15.0 Å². The molecule has 0 saturated heterocycles. The molecule has 8 heteroatoms. The van der Waals surface area contributed by atoms with Crippen molar-refractivity contribution in [3.8, 4) is 0 Å². The number of nitrogens with zero attached hydrogens (tertiary/aromatic N) is 2. The van der Waals surface area contributed by atoms with Gasteiger partial charge in [-0.15, -0.1) is 0 Å². The van der Waals surface area contributed by atoms with Gasteiger partial charge in [0.15, 0.2) is 6.17 Å². The number of esters is 1. The predicted octanol–water partition coefficient (Wildman–Crippen LogP) is 2.77. The molecule has 146 valence electrons. The third-order valence-corrected chi connectivity index (χ3v) is 4.66. The van der Waals surface area contributed by atoms with E-state index in [1.54, 1.807) is 43.4 Å². The molecule has 0 radical (unpaired) electrons. The molecule has 1 amide bonds. The number of aliphatic imine (C=N–C) groups is 1.